The van der Waals surface area contributed by atoms with Crippen LogP contribution in [0.15, 0.2) is 115 Å². The summed E-state index contributed by atoms with van der Waals surface area (Å²) in [5.41, 5.74) is 9.07. The highest BCUT2D eigenvalue weighted by Gasteiger charge is 2.15. The number of nitrogens with zero attached hydrogens (tertiary/aromatic N) is 2. The third-order valence-corrected chi connectivity index (χ3v) is 8.85. The Morgan fingerprint density at radius 1 is 0.882 bits per heavy atom. The number of fused-ring (bicyclic) bond motifs is 1. The number of nitrogens with one attached hydrogen (secondary N) is 3. The van der Waals surface area contributed by atoms with Crippen molar-refractivity contribution in [1.82, 2.24) is 25.7 Å². The number of halogens is 1. The van der Waals surface area contributed by atoms with E-state index >= 15 is 0 Å². The van der Waals surface area contributed by atoms with Gasteiger partial charge < -0.3 is 15.0 Å². The van der Waals surface area contributed by atoms with Crippen molar-refractivity contribution in [3.63, 3.8) is 0 Å². The molecule has 260 valence electrons. The minimum Gasteiger partial charge on any atom is -0.492 e. The van der Waals surface area contributed by atoms with E-state index in [0.717, 1.165) is 40.1 Å². The number of pyridine rings is 1. The molecule has 4 N–H and O–H groups in total. The van der Waals surface area contributed by atoms with Gasteiger partial charge in [0, 0.05) is 60.2 Å². The van der Waals surface area contributed by atoms with Crippen LogP contribution < -0.4 is 15.5 Å². The lowest BCUT2D eigenvalue weighted by Gasteiger charge is -2.23. The molecular formula is C41H40FN5O4. The molecular weight excluding hydrogens is 645 g/mol. The monoisotopic (exact) mass is 685 g/mol. The van der Waals surface area contributed by atoms with Gasteiger partial charge in [-0.2, -0.15) is 0 Å². The number of para-hydroxylation sites is 1. The second kappa shape index (κ2) is 16.7. The van der Waals surface area contributed by atoms with Gasteiger partial charge in [-0.3, -0.25) is 24.7 Å². The number of aromatic nitrogens is 2. The molecule has 0 unspecified atom stereocenters. The fraction of sp³-hybridized carbons (Fsp3) is 0.195. The second-order valence-corrected chi connectivity index (χ2v) is 12.4. The Morgan fingerprint density at radius 2 is 1.65 bits per heavy atom. The van der Waals surface area contributed by atoms with Crippen LogP contribution in [0.4, 0.5) is 4.39 Å². The summed E-state index contributed by atoms with van der Waals surface area (Å²) in [4.78, 5) is 34.3. The van der Waals surface area contributed by atoms with Crippen molar-refractivity contribution in [2.75, 3.05) is 19.7 Å². The van der Waals surface area contributed by atoms with E-state index in [-0.39, 0.29) is 17.9 Å². The van der Waals surface area contributed by atoms with Gasteiger partial charge >= 0.3 is 0 Å². The van der Waals surface area contributed by atoms with Crippen molar-refractivity contribution in [1.29, 1.82) is 0 Å². The van der Waals surface area contributed by atoms with Crippen molar-refractivity contribution < 1.29 is 23.9 Å². The number of hydrogen-bond donors (Lipinski definition) is 4. The Labute approximate surface area is 296 Å². The normalized spacial score (nSPS) is 11.1. The predicted molar refractivity (Wildman–Crippen MR) is 195 cm³/mol. The maximum Gasteiger partial charge on any atom is 0.277 e. The molecule has 6 rings (SSSR count). The Balaban J connectivity index is 1.05. The van der Waals surface area contributed by atoms with Crippen molar-refractivity contribution in [2.24, 2.45) is 0 Å². The van der Waals surface area contributed by atoms with Gasteiger partial charge in [-0.25, -0.2) is 9.87 Å². The molecule has 51 heavy (non-hydrogen) atoms. The highest BCUT2D eigenvalue weighted by Crippen LogP contribution is 2.24. The van der Waals surface area contributed by atoms with E-state index in [1.807, 2.05) is 78.9 Å². The fourth-order valence-corrected chi connectivity index (χ4v) is 6.12. The average Bonchev–Trinajstić information content (AvgIpc) is 3.48. The van der Waals surface area contributed by atoms with E-state index in [1.165, 1.54) is 28.6 Å². The number of aryl methyl sites for hydroxylation is 1. The lowest BCUT2D eigenvalue weighted by Crippen LogP contribution is -2.30. The van der Waals surface area contributed by atoms with Gasteiger partial charge in [-0.05, 0) is 72.0 Å². The third kappa shape index (κ3) is 9.24. The van der Waals surface area contributed by atoms with Gasteiger partial charge in [0.15, 0.2) is 0 Å². The molecule has 2 heterocycles. The molecule has 0 bridgehead atoms. The summed E-state index contributed by atoms with van der Waals surface area (Å²) in [6, 6.07) is 34.0. The first-order valence-corrected chi connectivity index (χ1v) is 16.9. The summed E-state index contributed by atoms with van der Waals surface area (Å²) in [7, 11) is 0. The molecule has 0 fully saturated rings. The lowest BCUT2D eigenvalue weighted by molar-refractivity contribution is -0.120. The lowest BCUT2D eigenvalue weighted by atomic mass is 10.1. The summed E-state index contributed by atoms with van der Waals surface area (Å²) in [6.45, 7) is 4.68. The average molecular weight is 686 g/mol. The summed E-state index contributed by atoms with van der Waals surface area (Å²) >= 11 is 0. The first-order chi connectivity index (χ1) is 24.9. The van der Waals surface area contributed by atoms with Crippen LogP contribution in [0.25, 0.3) is 22.0 Å². The number of amides is 2. The number of aromatic amines is 1. The molecule has 9 nitrogen and oxygen atoms in total. The minimum absolute atomic E-state index is 0.0793. The van der Waals surface area contributed by atoms with Crippen LogP contribution in [-0.2, 0) is 30.7 Å². The number of carbonyl (C=O) groups excluding carboxylic acids is 2. The highest BCUT2D eigenvalue weighted by atomic mass is 19.1. The fourth-order valence-electron chi connectivity index (χ4n) is 6.12. The number of benzene rings is 4. The Hall–Kier alpha value is -5.84. The summed E-state index contributed by atoms with van der Waals surface area (Å²) < 4.78 is 20.9. The number of hydrogen-bond acceptors (Lipinski definition) is 6. The number of carbonyl (C=O) groups is 2. The van der Waals surface area contributed by atoms with Crippen LogP contribution in [0, 0.1) is 12.7 Å². The topological polar surface area (TPSA) is 120 Å². The molecule has 6 aromatic rings. The van der Waals surface area contributed by atoms with Gasteiger partial charge in [-0.1, -0.05) is 72.8 Å². The molecule has 0 aliphatic carbocycles. The molecule has 0 spiro atoms. The van der Waals surface area contributed by atoms with Crippen LogP contribution >= 0.6 is 0 Å². The molecule has 0 saturated carbocycles. The Kier molecular flexibility index (Phi) is 11.5. The van der Waals surface area contributed by atoms with Crippen LogP contribution in [0.1, 0.15) is 38.4 Å². The van der Waals surface area contributed by atoms with Crippen LogP contribution in [-0.4, -0.2) is 51.6 Å². The zero-order chi connectivity index (χ0) is 35.6. The van der Waals surface area contributed by atoms with Gasteiger partial charge in [0.2, 0.25) is 5.91 Å². The van der Waals surface area contributed by atoms with Crippen molar-refractivity contribution in [2.45, 2.75) is 32.9 Å². The summed E-state index contributed by atoms with van der Waals surface area (Å²) in [5.74, 6) is -0.949. The molecule has 0 saturated heterocycles. The standard InChI is InChI=1S/C41H40FN5O4/c1-28-35(36-9-5-6-10-39(36)45-28)19-20-47(27-30-11-18-37(38(42)23-30)41(49)46-50)21-22-51-34-16-13-31(14-17-34)32-12-15-33(43-26-32)24-40(48)44-25-29-7-3-2-4-8-29/h2-18,23,26,45,50H,19-22,24-25,27H2,1H3,(H,44,48)(H,46,49). The molecule has 2 amide bonds. The molecule has 0 atom stereocenters. The van der Waals surface area contributed by atoms with E-state index in [9.17, 15) is 14.0 Å². The van der Waals surface area contributed by atoms with E-state index in [0.29, 0.717) is 44.0 Å². The highest BCUT2D eigenvalue weighted by molar-refractivity contribution is 5.93. The van der Waals surface area contributed by atoms with Gasteiger partial charge in [0.05, 0.1) is 12.0 Å². The van der Waals surface area contributed by atoms with Crippen LogP contribution in [0.2, 0.25) is 0 Å². The summed E-state index contributed by atoms with van der Waals surface area (Å²) in [5, 5.41) is 13.0. The molecule has 0 aliphatic heterocycles. The molecule has 2 aromatic heterocycles. The smallest absolute Gasteiger partial charge is 0.277 e. The van der Waals surface area contributed by atoms with Crippen LogP contribution in [0.5, 0.6) is 5.75 Å². The number of ether oxygens (including phenoxy) is 1. The largest absolute Gasteiger partial charge is 0.492 e. The predicted octanol–water partition coefficient (Wildman–Crippen LogP) is 6.78. The summed E-state index contributed by atoms with van der Waals surface area (Å²) in [6.07, 6.45) is 2.76. The van der Waals surface area contributed by atoms with Crippen molar-refractivity contribution >= 4 is 22.7 Å². The van der Waals surface area contributed by atoms with E-state index in [2.05, 4.69) is 39.2 Å². The first kappa shape index (κ1) is 35.0. The van der Waals surface area contributed by atoms with Gasteiger partial charge in [-0.15, -0.1) is 0 Å². The Bertz CT molecular complexity index is 2080. The van der Waals surface area contributed by atoms with Gasteiger partial charge in [0.25, 0.3) is 5.91 Å². The first-order valence-electron chi connectivity index (χ1n) is 16.9. The maximum absolute atomic E-state index is 14.7. The van der Waals surface area contributed by atoms with E-state index in [1.54, 1.807) is 12.3 Å². The molecule has 0 radical (unpaired) electrons. The number of H-pyrrole nitrogens is 1. The van der Waals surface area contributed by atoms with Crippen molar-refractivity contribution in [3.8, 4) is 16.9 Å². The quantitative estimate of drug-likeness (QED) is 0.0699. The van der Waals surface area contributed by atoms with E-state index in [4.69, 9.17) is 9.94 Å². The molecule has 10 heteroatoms. The SMILES string of the molecule is Cc1[nH]c2ccccc2c1CCN(CCOc1ccc(-c2ccc(CC(=O)NCc3ccccc3)nc2)cc1)Cc1ccc(C(=O)NO)c(F)c1. The second-order valence-electron chi connectivity index (χ2n) is 12.4. The minimum atomic E-state index is -0.891. The van der Waals surface area contributed by atoms with E-state index < -0.39 is 11.7 Å². The third-order valence-electron chi connectivity index (χ3n) is 8.85. The van der Waals surface area contributed by atoms with Crippen LogP contribution in [0.3, 0.4) is 0 Å². The zero-order valence-corrected chi connectivity index (χ0v) is 28.4. The molecule has 0 aliphatic rings. The van der Waals surface area contributed by atoms with Crippen molar-refractivity contribution in [3.05, 3.63) is 155 Å². The number of rotatable bonds is 15. The molecule has 4 aromatic carbocycles. The van der Waals surface area contributed by atoms with Gasteiger partial charge in [0.1, 0.15) is 18.2 Å². The zero-order valence-electron chi connectivity index (χ0n) is 28.4. The Morgan fingerprint density at radius 3 is 2.39 bits per heavy atom. The number of hydroxylamine groups is 1. The maximum atomic E-state index is 14.7.